The fraction of sp³-hybridized carbons (Fsp3) is 0.579. The summed E-state index contributed by atoms with van der Waals surface area (Å²) >= 11 is 0. The van der Waals surface area contributed by atoms with Gasteiger partial charge in [-0.05, 0) is 37.5 Å². The van der Waals surface area contributed by atoms with Crippen molar-refractivity contribution in [3.63, 3.8) is 0 Å². The normalized spacial score (nSPS) is 18.0. The molecule has 4 rings (SSSR count). The minimum atomic E-state index is -2.74. The SMILES string of the molecule is O=c1cc(C(F)F)ncn1CC1CCN(c2nccn(CC3CC3)c2=O)CC1. The van der Waals surface area contributed by atoms with Crippen molar-refractivity contribution in [1.29, 1.82) is 0 Å². The Kier molecular flexibility index (Phi) is 5.23. The second-order valence-electron chi connectivity index (χ2n) is 7.69. The highest BCUT2D eigenvalue weighted by Crippen LogP contribution is 2.30. The lowest BCUT2D eigenvalue weighted by Crippen LogP contribution is -2.40. The molecule has 0 unspecified atom stereocenters. The van der Waals surface area contributed by atoms with E-state index in [1.54, 1.807) is 17.0 Å². The van der Waals surface area contributed by atoms with Gasteiger partial charge in [0.25, 0.3) is 17.5 Å². The van der Waals surface area contributed by atoms with Crippen molar-refractivity contribution < 1.29 is 8.78 Å². The van der Waals surface area contributed by atoms with Crippen LogP contribution < -0.4 is 16.0 Å². The van der Waals surface area contributed by atoms with E-state index < -0.39 is 17.7 Å². The Morgan fingerprint density at radius 2 is 1.68 bits per heavy atom. The highest BCUT2D eigenvalue weighted by Gasteiger charge is 2.25. The van der Waals surface area contributed by atoms with E-state index in [4.69, 9.17) is 0 Å². The number of halogens is 2. The summed E-state index contributed by atoms with van der Waals surface area (Å²) in [5.74, 6) is 1.33. The minimum Gasteiger partial charge on any atom is -0.352 e. The molecule has 2 aliphatic rings. The molecule has 1 aliphatic carbocycles. The molecule has 2 aromatic heterocycles. The van der Waals surface area contributed by atoms with Gasteiger partial charge in [0, 0.05) is 44.6 Å². The van der Waals surface area contributed by atoms with Gasteiger partial charge >= 0.3 is 0 Å². The smallest absolute Gasteiger partial charge is 0.293 e. The van der Waals surface area contributed by atoms with Crippen molar-refractivity contribution in [3.05, 3.63) is 51.2 Å². The third-order valence-corrected chi connectivity index (χ3v) is 5.54. The molecule has 1 aliphatic heterocycles. The molecule has 0 aromatic carbocycles. The summed E-state index contributed by atoms with van der Waals surface area (Å²) in [6, 6.07) is 0.899. The van der Waals surface area contributed by atoms with Gasteiger partial charge in [0.05, 0.1) is 6.33 Å². The molecule has 2 aromatic rings. The van der Waals surface area contributed by atoms with E-state index in [1.807, 2.05) is 4.90 Å². The zero-order valence-corrected chi connectivity index (χ0v) is 15.5. The van der Waals surface area contributed by atoms with E-state index in [0.29, 0.717) is 31.4 Å². The first kappa shape index (κ1) is 18.8. The van der Waals surface area contributed by atoms with Crippen LogP contribution in [0.4, 0.5) is 14.6 Å². The van der Waals surface area contributed by atoms with Gasteiger partial charge in [0.15, 0.2) is 5.82 Å². The Labute approximate surface area is 160 Å². The minimum absolute atomic E-state index is 0.0455. The lowest BCUT2D eigenvalue weighted by Gasteiger charge is -2.32. The van der Waals surface area contributed by atoms with Crippen molar-refractivity contribution in [1.82, 2.24) is 19.1 Å². The van der Waals surface area contributed by atoms with Crippen LogP contribution in [0.3, 0.4) is 0 Å². The molecule has 9 heteroatoms. The number of anilines is 1. The summed E-state index contributed by atoms with van der Waals surface area (Å²) in [5, 5.41) is 0. The largest absolute Gasteiger partial charge is 0.352 e. The highest BCUT2D eigenvalue weighted by molar-refractivity contribution is 5.36. The van der Waals surface area contributed by atoms with Gasteiger partial charge in [0.2, 0.25) is 0 Å². The zero-order chi connectivity index (χ0) is 19.7. The number of hydrogen-bond acceptors (Lipinski definition) is 5. The number of rotatable bonds is 6. The van der Waals surface area contributed by atoms with Crippen LogP contribution in [0.2, 0.25) is 0 Å². The molecular weight excluding hydrogens is 368 g/mol. The molecule has 0 spiro atoms. The standard InChI is InChI=1S/C19H23F2N5O2/c20-17(21)15-9-16(27)26(12-23-15)11-14-3-6-24(7-4-14)18-19(28)25(8-5-22-18)10-13-1-2-13/h5,8-9,12-14,17H,1-4,6-7,10-11H2. The molecule has 1 saturated heterocycles. The summed E-state index contributed by atoms with van der Waals surface area (Å²) in [7, 11) is 0. The van der Waals surface area contributed by atoms with Crippen LogP contribution in [0, 0.1) is 11.8 Å². The molecule has 3 heterocycles. The fourth-order valence-electron chi connectivity index (χ4n) is 3.68. The molecule has 0 amide bonds. The van der Waals surface area contributed by atoms with E-state index in [-0.39, 0.29) is 11.5 Å². The first-order valence-corrected chi connectivity index (χ1v) is 9.66. The number of aromatic nitrogens is 4. The maximum atomic E-state index is 12.7. The molecule has 2 fully saturated rings. The molecule has 7 nitrogen and oxygen atoms in total. The zero-order valence-electron chi connectivity index (χ0n) is 15.5. The predicted octanol–water partition coefficient (Wildman–Crippen LogP) is 2.06. The first-order valence-electron chi connectivity index (χ1n) is 9.66. The topological polar surface area (TPSA) is 73.0 Å². The first-order chi connectivity index (χ1) is 13.5. The number of hydrogen-bond donors (Lipinski definition) is 0. The van der Waals surface area contributed by atoms with Crippen LogP contribution in [0.1, 0.15) is 37.8 Å². The Morgan fingerprint density at radius 1 is 1.00 bits per heavy atom. The Balaban J connectivity index is 1.39. The van der Waals surface area contributed by atoms with Crippen molar-refractivity contribution in [2.24, 2.45) is 11.8 Å². The molecular formula is C19H23F2N5O2. The predicted molar refractivity (Wildman–Crippen MR) is 99.6 cm³/mol. The lowest BCUT2D eigenvalue weighted by atomic mass is 9.96. The summed E-state index contributed by atoms with van der Waals surface area (Å²) in [4.78, 5) is 34.6. The van der Waals surface area contributed by atoms with Crippen molar-refractivity contribution in [2.45, 2.75) is 45.2 Å². The van der Waals surface area contributed by atoms with E-state index in [0.717, 1.165) is 25.5 Å². The number of piperidine rings is 1. The number of alkyl halides is 2. The third-order valence-electron chi connectivity index (χ3n) is 5.54. The maximum Gasteiger partial charge on any atom is 0.293 e. The summed E-state index contributed by atoms with van der Waals surface area (Å²) in [6.45, 7) is 2.56. The van der Waals surface area contributed by atoms with Gasteiger partial charge in [0.1, 0.15) is 5.69 Å². The molecule has 0 N–H and O–H groups in total. The van der Waals surface area contributed by atoms with Crippen molar-refractivity contribution >= 4 is 5.82 Å². The van der Waals surface area contributed by atoms with Crippen molar-refractivity contribution in [2.75, 3.05) is 18.0 Å². The maximum absolute atomic E-state index is 12.7. The van der Waals surface area contributed by atoms with Crippen LogP contribution in [0.15, 0.2) is 34.4 Å². The van der Waals surface area contributed by atoms with E-state index in [1.165, 1.54) is 23.7 Å². The average Bonchev–Trinajstić information content (AvgIpc) is 3.50. The summed E-state index contributed by atoms with van der Waals surface area (Å²) in [5.41, 5.74) is -0.995. The molecule has 1 saturated carbocycles. The lowest BCUT2D eigenvalue weighted by molar-refractivity contribution is 0.145. The monoisotopic (exact) mass is 391 g/mol. The van der Waals surface area contributed by atoms with Gasteiger partial charge in [-0.15, -0.1) is 0 Å². The second kappa shape index (κ2) is 7.81. The second-order valence-corrected chi connectivity index (χ2v) is 7.69. The molecule has 150 valence electrons. The van der Waals surface area contributed by atoms with E-state index >= 15 is 0 Å². The van der Waals surface area contributed by atoms with Gasteiger partial charge in [-0.2, -0.15) is 0 Å². The Morgan fingerprint density at radius 3 is 2.32 bits per heavy atom. The van der Waals surface area contributed by atoms with Crippen LogP contribution in [0.5, 0.6) is 0 Å². The van der Waals surface area contributed by atoms with Crippen LogP contribution in [-0.2, 0) is 13.1 Å². The average molecular weight is 391 g/mol. The van der Waals surface area contributed by atoms with Crippen molar-refractivity contribution in [3.8, 4) is 0 Å². The van der Waals surface area contributed by atoms with Crippen LogP contribution >= 0.6 is 0 Å². The quantitative estimate of drug-likeness (QED) is 0.754. The third kappa shape index (κ3) is 4.13. The highest BCUT2D eigenvalue weighted by atomic mass is 19.3. The Hall–Kier alpha value is -2.58. The van der Waals surface area contributed by atoms with Gasteiger partial charge < -0.3 is 9.47 Å². The molecule has 0 bridgehead atoms. The molecule has 28 heavy (non-hydrogen) atoms. The summed E-state index contributed by atoms with van der Waals surface area (Å²) in [6.07, 6.45) is 5.84. The molecule has 0 atom stereocenters. The Bertz CT molecular complexity index is 946. The van der Waals surface area contributed by atoms with Gasteiger partial charge in [-0.3, -0.25) is 14.2 Å². The van der Waals surface area contributed by atoms with Gasteiger partial charge in [-0.25, -0.2) is 18.7 Å². The number of nitrogens with zero attached hydrogens (tertiary/aromatic N) is 5. The van der Waals surface area contributed by atoms with E-state index in [9.17, 15) is 18.4 Å². The molecule has 0 radical (unpaired) electrons. The summed E-state index contributed by atoms with van der Waals surface area (Å²) < 4.78 is 28.4. The van der Waals surface area contributed by atoms with E-state index in [2.05, 4.69) is 9.97 Å². The van der Waals surface area contributed by atoms with Crippen LogP contribution in [0.25, 0.3) is 0 Å². The van der Waals surface area contributed by atoms with Gasteiger partial charge in [-0.1, -0.05) is 0 Å². The van der Waals surface area contributed by atoms with Crippen LogP contribution in [-0.4, -0.2) is 32.2 Å². The fourth-order valence-corrected chi connectivity index (χ4v) is 3.68.